The Labute approximate surface area is 114 Å². The van der Waals surface area contributed by atoms with Crippen LogP contribution >= 0.6 is 15.9 Å². The molecule has 0 saturated carbocycles. The Bertz CT molecular complexity index is 647. The van der Waals surface area contributed by atoms with Gasteiger partial charge in [-0.25, -0.2) is 0 Å². The molecule has 0 amide bonds. The van der Waals surface area contributed by atoms with Crippen LogP contribution in [0.15, 0.2) is 52.6 Å². The molecule has 0 saturated heterocycles. The molecule has 0 N–H and O–H groups in total. The van der Waals surface area contributed by atoms with Gasteiger partial charge in [0.15, 0.2) is 5.78 Å². The van der Waals surface area contributed by atoms with E-state index in [0.29, 0.717) is 6.42 Å². The maximum atomic E-state index is 12.2. The van der Waals surface area contributed by atoms with Crippen molar-refractivity contribution in [3.05, 3.63) is 69.5 Å². The molecule has 0 atom stereocenters. The fraction of sp³-hybridized carbons (Fsp3) is 0.0667. The topological polar surface area (TPSA) is 30.0 Å². The zero-order chi connectivity index (χ0) is 12.5. The normalized spacial score (nSPS) is 16.1. The van der Waals surface area contributed by atoms with Crippen LogP contribution in [0.2, 0.25) is 0 Å². The van der Waals surface area contributed by atoms with E-state index in [1.54, 1.807) is 6.20 Å². The van der Waals surface area contributed by atoms with E-state index in [1.807, 2.05) is 42.5 Å². The summed E-state index contributed by atoms with van der Waals surface area (Å²) in [7, 11) is 0. The quantitative estimate of drug-likeness (QED) is 0.752. The van der Waals surface area contributed by atoms with Crippen molar-refractivity contribution in [3.8, 4) is 0 Å². The number of carbonyl (C=O) groups excluding carboxylic acids is 1. The maximum absolute atomic E-state index is 12.2. The minimum atomic E-state index is 0.108. The van der Waals surface area contributed by atoms with Crippen LogP contribution in [0.5, 0.6) is 0 Å². The predicted molar refractivity (Wildman–Crippen MR) is 74.4 cm³/mol. The molecule has 1 aliphatic carbocycles. The Balaban J connectivity index is 2.00. The van der Waals surface area contributed by atoms with Gasteiger partial charge in [-0.3, -0.25) is 9.78 Å². The SMILES string of the molecule is O=C1/C(=C\c2ccccn2)Cc2ccc(Br)cc21. The van der Waals surface area contributed by atoms with Crippen LogP contribution in [0.4, 0.5) is 0 Å². The van der Waals surface area contributed by atoms with Gasteiger partial charge in [0, 0.05) is 28.2 Å². The molecule has 0 radical (unpaired) electrons. The number of allylic oxidation sites excluding steroid dienone is 1. The molecule has 0 unspecified atom stereocenters. The fourth-order valence-electron chi connectivity index (χ4n) is 2.13. The lowest BCUT2D eigenvalue weighted by atomic mass is 10.1. The molecule has 0 fully saturated rings. The number of nitrogens with zero attached hydrogens (tertiary/aromatic N) is 1. The molecule has 0 spiro atoms. The largest absolute Gasteiger partial charge is 0.289 e. The molecule has 1 aliphatic rings. The van der Waals surface area contributed by atoms with Gasteiger partial charge >= 0.3 is 0 Å². The van der Waals surface area contributed by atoms with Crippen LogP contribution in [-0.4, -0.2) is 10.8 Å². The summed E-state index contributed by atoms with van der Waals surface area (Å²) in [4.78, 5) is 16.5. The Hall–Kier alpha value is -1.74. The van der Waals surface area contributed by atoms with Crippen LogP contribution in [0.1, 0.15) is 21.6 Å². The first-order chi connectivity index (χ1) is 8.74. The maximum Gasteiger partial charge on any atom is 0.189 e. The number of hydrogen-bond acceptors (Lipinski definition) is 2. The van der Waals surface area contributed by atoms with Gasteiger partial charge in [-0.05, 0) is 35.9 Å². The summed E-state index contributed by atoms with van der Waals surface area (Å²) < 4.78 is 0.939. The van der Waals surface area contributed by atoms with Crippen molar-refractivity contribution in [2.24, 2.45) is 0 Å². The van der Waals surface area contributed by atoms with Crippen molar-refractivity contribution in [2.45, 2.75) is 6.42 Å². The van der Waals surface area contributed by atoms with Crippen molar-refractivity contribution in [1.29, 1.82) is 0 Å². The van der Waals surface area contributed by atoms with Crippen molar-refractivity contribution < 1.29 is 4.79 Å². The number of hydrogen-bond donors (Lipinski definition) is 0. The molecule has 3 rings (SSSR count). The first-order valence-electron chi connectivity index (χ1n) is 5.69. The number of halogens is 1. The van der Waals surface area contributed by atoms with Crippen LogP contribution in [-0.2, 0) is 6.42 Å². The van der Waals surface area contributed by atoms with Gasteiger partial charge in [-0.1, -0.05) is 28.1 Å². The molecule has 3 heteroatoms. The highest BCUT2D eigenvalue weighted by molar-refractivity contribution is 9.10. The number of ketones is 1. The van der Waals surface area contributed by atoms with E-state index < -0.39 is 0 Å². The number of carbonyl (C=O) groups is 1. The number of benzene rings is 1. The molecular weight excluding hydrogens is 290 g/mol. The second kappa shape index (κ2) is 4.50. The van der Waals surface area contributed by atoms with E-state index in [4.69, 9.17) is 0 Å². The lowest BCUT2D eigenvalue weighted by Gasteiger charge is -1.96. The lowest BCUT2D eigenvalue weighted by Crippen LogP contribution is -1.95. The summed E-state index contributed by atoms with van der Waals surface area (Å²) in [6.45, 7) is 0. The smallest absolute Gasteiger partial charge is 0.189 e. The monoisotopic (exact) mass is 299 g/mol. The van der Waals surface area contributed by atoms with Crippen molar-refractivity contribution in [3.63, 3.8) is 0 Å². The zero-order valence-corrected chi connectivity index (χ0v) is 11.1. The Kier molecular flexibility index (Phi) is 2.84. The van der Waals surface area contributed by atoms with E-state index in [9.17, 15) is 4.79 Å². The summed E-state index contributed by atoms with van der Waals surface area (Å²) in [5.41, 5.74) is 3.52. The second-order valence-corrected chi connectivity index (χ2v) is 5.15. The van der Waals surface area contributed by atoms with Crippen molar-refractivity contribution in [2.75, 3.05) is 0 Å². The van der Waals surface area contributed by atoms with Crippen LogP contribution in [0, 0.1) is 0 Å². The first kappa shape index (κ1) is 11.4. The predicted octanol–water partition coefficient (Wildman–Crippen LogP) is 3.67. The molecule has 2 nitrogen and oxygen atoms in total. The molecule has 0 bridgehead atoms. The van der Waals surface area contributed by atoms with Gasteiger partial charge < -0.3 is 0 Å². The van der Waals surface area contributed by atoms with Gasteiger partial charge in [0.25, 0.3) is 0 Å². The highest BCUT2D eigenvalue weighted by Gasteiger charge is 2.24. The van der Waals surface area contributed by atoms with E-state index in [2.05, 4.69) is 20.9 Å². The molecule has 0 aliphatic heterocycles. The Morgan fingerprint density at radius 2 is 2.11 bits per heavy atom. The van der Waals surface area contributed by atoms with Gasteiger partial charge in [0.1, 0.15) is 0 Å². The molecule has 2 aromatic rings. The van der Waals surface area contributed by atoms with Crippen molar-refractivity contribution >= 4 is 27.8 Å². The van der Waals surface area contributed by atoms with Crippen LogP contribution in [0.25, 0.3) is 6.08 Å². The number of aromatic nitrogens is 1. The summed E-state index contributed by atoms with van der Waals surface area (Å²) >= 11 is 3.40. The molecule has 18 heavy (non-hydrogen) atoms. The highest BCUT2D eigenvalue weighted by Crippen LogP contribution is 2.29. The van der Waals surface area contributed by atoms with E-state index in [0.717, 1.165) is 26.9 Å². The number of rotatable bonds is 1. The fourth-order valence-corrected chi connectivity index (χ4v) is 2.49. The third-order valence-corrected chi connectivity index (χ3v) is 3.49. The van der Waals surface area contributed by atoms with E-state index in [-0.39, 0.29) is 5.78 Å². The van der Waals surface area contributed by atoms with Crippen molar-refractivity contribution in [1.82, 2.24) is 4.98 Å². The Morgan fingerprint density at radius 3 is 2.89 bits per heavy atom. The van der Waals surface area contributed by atoms with Gasteiger partial charge in [0.2, 0.25) is 0 Å². The number of pyridine rings is 1. The summed E-state index contributed by atoms with van der Waals surface area (Å²) in [5, 5.41) is 0. The number of fused-ring (bicyclic) bond motifs is 1. The molecule has 1 heterocycles. The summed E-state index contributed by atoms with van der Waals surface area (Å²) in [5.74, 6) is 0.108. The average Bonchev–Trinajstić information content (AvgIpc) is 2.68. The van der Waals surface area contributed by atoms with E-state index >= 15 is 0 Å². The second-order valence-electron chi connectivity index (χ2n) is 4.23. The standard InChI is InChI=1S/C15H10BrNO/c16-12-5-4-10-7-11(15(18)14(10)9-12)8-13-3-1-2-6-17-13/h1-6,8-9H,7H2/b11-8-. The molecule has 88 valence electrons. The molecule has 1 aromatic carbocycles. The highest BCUT2D eigenvalue weighted by atomic mass is 79.9. The third kappa shape index (κ3) is 2.02. The Morgan fingerprint density at radius 1 is 1.22 bits per heavy atom. The minimum Gasteiger partial charge on any atom is -0.289 e. The van der Waals surface area contributed by atoms with Crippen LogP contribution < -0.4 is 0 Å². The van der Waals surface area contributed by atoms with Gasteiger partial charge in [-0.2, -0.15) is 0 Å². The molecular formula is C15H10BrNO. The minimum absolute atomic E-state index is 0.108. The third-order valence-electron chi connectivity index (χ3n) is 3.00. The average molecular weight is 300 g/mol. The van der Waals surface area contributed by atoms with Gasteiger partial charge in [0.05, 0.1) is 5.69 Å². The number of Topliss-reactive ketones (excluding diaryl/α,β-unsaturated/α-hetero) is 1. The van der Waals surface area contributed by atoms with Gasteiger partial charge in [-0.15, -0.1) is 0 Å². The van der Waals surface area contributed by atoms with Crippen LogP contribution in [0.3, 0.4) is 0 Å². The van der Waals surface area contributed by atoms with E-state index in [1.165, 1.54) is 0 Å². The lowest BCUT2D eigenvalue weighted by molar-refractivity contribution is 0.104. The first-order valence-corrected chi connectivity index (χ1v) is 6.48. The summed E-state index contributed by atoms with van der Waals surface area (Å²) in [6.07, 6.45) is 4.30. The summed E-state index contributed by atoms with van der Waals surface area (Å²) in [6, 6.07) is 11.5. The zero-order valence-electron chi connectivity index (χ0n) is 9.56. The molecule has 1 aromatic heterocycles.